The maximum absolute atomic E-state index is 12.9. The zero-order valence-electron chi connectivity index (χ0n) is 6.36. The second-order valence-corrected chi connectivity index (χ2v) is 2.15. The third kappa shape index (κ3) is 1.78. The van der Waals surface area contributed by atoms with Crippen molar-refractivity contribution in [3.05, 3.63) is 34.1 Å². The van der Waals surface area contributed by atoms with Crippen LogP contribution >= 0.6 is 0 Å². The van der Waals surface area contributed by atoms with Gasteiger partial charge in [0.2, 0.25) is 6.41 Å². The minimum Gasteiger partial charge on any atom is -0.321 e. The molecule has 0 aliphatic rings. The molecular weight excluding hydrogens is 179 g/mol. The summed E-state index contributed by atoms with van der Waals surface area (Å²) >= 11 is 0. The van der Waals surface area contributed by atoms with Crippen molar-refractivity contribution < 1.29 is 14.1 Å². The lowest BCUT2D eigenvalue weighted by Crippen LogP contribution is -2.01. The molecule has 0 aromatic heterocycles. The quantitative estimate of drug-likeness (QED) is 0.437. The number of anilines is 1. The predicted molar refractivity (Wildman–Crippen MR) is 42.7 cm³/mol. The number of hydrogen-bond acceptors (Lipinski definition) is 3. The zero-order chi connectivity index (χ0) is 9.84. The Balaban J connectivity index is 3.24. The van der Waals surface area contributed by atoms with Gasteiger partial charge in [0.05, 0.1) is 4.92 Å². The highest BCUT2D eigenvalue weighted by Crippen LogP contribution is 2.25. The summed E-state index contributed by atoms with van der Waals surface area (Å²) in [6.45, 7) is 0. The maximum Gasteiger partial charge on any atom is 0.295 e. The van der Waals surface area contributed by atoms with Crippen LogP contribution in [0.4, 0.5) is 15.8 Å². The first-order valence-electron chi connectivity index (χ1n) is 3.30. The fourth-order valence-electron chi connectivity index (χ4n) is 0.867. The molecule has 0 heterocycles. The Morgan fingerprint density at radius 1 is 1.54 bits per heavy atom. The van der Waals surface area contributed by atoms with E-state index in [1.165, 1.54) is 6.07 Å². The van der Waals surface area contributed by atoms with Crippen molar-refractivity contribution >= 4 is 17.8 Å². The fourth-order valence-corrected chi connectivity index (χ4v) is 0.867. The Kier molecular flexibility index (Phi) is 2.53. The van der Waals surface area contributed by atoms with Gasteiger partial charge in [-0.3, -0.25) is 14.9 Å². The third-order valence-electron chi connectivity index (χ3n) is 1.39. The van der Waals surface area contributed by atoms with Gasteiger partial charge < -0.3 is 5.32 Å². The summed E-state index contributed by atoms with van der Waals surface area (Å²) in [5.41, 5.74) is -0.880. The molecule has 0 aliphatic heterocycles. The van der Waals surface area contributed by atoms with Crippen molar-refractivity contribution in [2.45, 2.75) is 0 Å². The lowest BCUT2D eigenvalue weighted by molar-refractivity contribution is -0.384. The highest BCUT2D eigenvalue weighted by molar-refractivity contribution is 5.77. The average molecular weight is 184 g/mol. The van der Waals surface area contributed by atoms with Crippen LogP contribution in [-0.4, -0.2) is 11.3 Å². The molecule has 0 unspecified atom stereocenters. The summed E-state index contributed by atoms with van der Waals surface area (Å²) in [4.78, 5) is 19.6. The Morgan fingerprint density at radius 2 is 2.23 bits per heavy atom. The Morgan fingerprint density at radius 3 is 2.77 bits per heavy atom. The number of hydrogen-bond donors (Lipinski definition) is 1. The molecule has 1 aromatic rings. The van der Waals surface area contributed by atoms with Crippen molar-refractivity contribution in [1.82, 2.24) is 0 Å². The molecule has 1 amide bonds. The molecule has 0 fully saturated rings. The SMILES string of the molecule is O=CNc1c(F)cccc1[N+](=O)[O-]. The average Bonchev–Trinajstić information content (AvgIpc) is 2.08. The Hall–Kier alpha value is -1.98. The standard InChI is InChI=1S/C7H5FN2O3/c8-5-2-1-3-6(10(12)13)7(5)9-4-11/h1-4H,(H,9,11). The van der Waals surface area contributed by atoms with Gasteiger partial charge in [-0.2, -0.15) is 0 Å². The van der Waals surface area contributed by atoms with E-state index < -0.39 is 22.1 Å². The molecule has 13 heavy (non-hydrogen) atoms. The van der Waals surface area contributed by atoms with Crippen molar-refractivity contribution in [1.29, 1.82) is 0 Å². The largest absolute Gasteiger partial charge is 0.321 e. The number of rotatable bonds is 3. The zero-order valence-corrected chi connectivity index (χ0v) is 6.36. The van der Waals surface area contributed by atoms with Gasteiger partial charge >= 0.3 is 0 Å². The topological polar surface area (TPSA) is 72.2 Å². The monoisotopic (exact) mass is 184 g/mol. The van der Waals surface area contributed by atoms with Gasteiger partial charge in [0, 0.05) is 6.07 Å². The van der Waals surface area contributed by atoms with E-state index in [2.05, 4.69) is 0 Å². The molecular formula is C7H5FN2O3. The summed E-state index contributed by atoms with van der Waals surface area (Å²) in [5, 5.41) is 12.3. The summed E-state index contributed by atoms with van der Waals surface area (Å²) in [5.74, 6) is -0.832. The number of nitrogens with one attached hydrogen (secondary N) is 1. The number of amides is 1. The molecule has 1 rings (SSSR count). The third-order valence-corrected chi connectivity index (χ3v) is 1.39. The lowest BCUT2D eigenvalue weighted by atomic mass is 10.2. The molecule has 0 spiro atoms. The van der Waals surface area contributed by atoms with Crippen LogP contribution in [0, 0.1) is 15.9 Å². The number of carbonyl (C=O) groups excluding carboxylic acids is 1. The predicted octanol–water partition coefficient (Wildman–Crippen LogP) is 1.30. The van der Waals surface area contributed by atoms with Crippen LogP contribution in [-0.2, 0) is 4.79 Å². The number of nitro groups is 1. The van der Waals surface area contributed by atoms with Gasteiger partial charge in [0.1, 0.15) is 0 Å². The summed E-state index contributed by atoms with van der Waals surface area (Å²) in [7, 11) is 0. The highest BCUT2D eigenvalue weighted by Gasteiger charge is 2.16. The van der Waals surface area contributed by atoms with E-state index in [1.807, 2.05) is 5.32 Å². The molecule has 5 nitrogen and oxygen atoms in total. The minimum atomic E-state index is -0.832. The van der Waals surface area contributed by atoms with Gasteiger partial charge in [-0.1, -0.05) is 6.07 Å². The maximum atomic E-state index is 12.9. The van der Waals surface area contributed by atoms with E-state index in [4.69, 9.17) is 0 Å². The molecule has 0 saturated heterocycles. The van der Waals surface area contributed by atoms with E-state index in [0.717, 1.165) is 12.1 Å². The molecule has 1 aromatic carbocycles. The van der Waals surface area contributed by atoms with Crippen molar-refractivity contribution in [3.8, 4) is 0 Å². The van der Waals surface area contributed by atoms with E-state index in [9.17, 15) is 19.3 Å². The molecule has 1 N–H and O–H groups in total. The highest BCUT2D eigenvalue weighted by atomic mass is 19.1. The molecule has 6 heteroatoms. The molecule has 0 bridgehead atoms. The number of para-hydroxylation sites is 1. The van der Waals surface area contributed by atoms with Gasteiger partial charge in [0.25, 0.3) is 5.69 Å². The number of carbonyl (C=O) groups is 1. The van der Waals surface area contributed by atoms with Crippen LogP contribution in [0.2, 0.25) is 0 Å². The van der Waals surface area contributed by atoms with Crippen LogP contribution in [0.15, 0.2) is 18.2 Å². The fraction of sp³-hybridized carbons (Fsp3) is 0. The van der Waals surface area contributed by atoms with Gasteiger partial charge in [-0.15, -0.1) is 0 Å². The molecule has 0 saturated carbocycles. The number of nitro benzene ring substituents is 1. The first kappa shape index (κ1) is 9.11. The van der Waals surface area contributed by atoms with Crippen LogP contribution in [0.25, 0.3) is 0 Å². The van der Waals surface area contributed by atoms with Crippen LogP contribution < -0.4 is 5.32 Å². The second kappa shape index (κ2) is 3.61. The first-order valence-corrected chi connectivity index (χ1v) is 3.30. The van der Waals surface area contributed by atoms with Gasteiger partial charge in [-0.05, 0) is 6.07 Å². The van der Waals surface area contributed by atoms with Crippen molar-refractivity contribution in [3.63, 3.8) is 0 Å². The van der Waals surface area contributed by atoms with Crippen LogP contribution in [0.1, 0.15) is 0 Å². The van der Waals surface area contributed by atoms with Gasteiger partial charge in [-0.25, -0.2) is 4.39 Å². The molecule has 68 valence electrons. The second-order valence-electron chi connectivity index (χ2n) is 2.15. The van der Waals surface area contributed by atoms with Crippen molar-refractivity contribution in [2.24, 2.45) is 0 Å². The molecule has 0 aliphatic carbocycles. The van der Waals surface area contributed by atoms with Gasteiger partial charge in [0.15, 0.2) is 11.5 Å². The van der Waals surface area contributed by atoms with E-state index >= 15 is 0 Å². The van der Waals surface area contributed by atoms with E-state index in [1.54, 1.807) is 0 Å². The Labute approximate surface area is 72.3 Å². The lowest BCUT2D eigenvalue weighted by Gasteiger charge is -2.00. The minimum absolute atomic E-state index is 0.186. The Bertz CT molecular complexity index is 354. The first-order chi connectivity index (χ1) is 6.16. The van der Waals surface area contributed by atoms with E-state index in [-0.39, 0.29) is 6.41 Å². The van der Waals surface area contributed by atoms with Crippen molar-refractivity contribution in [2.75, 3.05) is 5.32 Å². The molecule has 0 radical (unpaired) electrons. The summed E-state index contributed by atoms with van der Waals surface area (Å²) in [6.07, 6.45) is 0.186. The number of nitrogens with zero attached hydrogens (tertiary/aromatic N) is 1. The van der Waals surface area contributed by atoms with E-state index in [0.29, 0.717) is 0 Å². The summed E-state index contributed by atoms with van der Waals surface area (Å²) < 4.78 is 12.9. The number of halogens is 1. The smallest absolute Gasteiger partial charge is 0.295 e. The summed E-state index contributed by atoms with van der Waals surface area (Å²) in [6, 6.07) is 3.33. The molecule has 0 atom stereocenters. The number of benzene rings is 1. The normalized spacial score (nSPS) is 9.31. The van der Waals surface area contributed by atoms with Crippen LogP contribution in [0.5, 0.6) is 0 Å². The van der Waals surface area contributed by atoms with Crippen LogP contribution in [0.3, 0.4) is 0 Å².